The molecule has 0 amide bonds. The molecule has 1 aromatic carbocycles. The van der Waals surface area contributed by atoms with Crippen LogP contribution in [0.2, 0.25) is 5.02 Å². The minimum Gasteiger partial charge on any atom is -0.383 e. The predicted molar refractivity (Wildman–Crippen MR) is 59.7 cm³/mol. The molecule has 15 heavy (non-hydrogen) atoms. The van der Waals surface area contributed by atoms with Crippen LogP contribution in [0.3, 0.4) is 0 Å². The third-order valence-corrected chi connectivity index (χ3v) is 2.20. The van der Waals surface area contributed by atoms with Crippen LogP contribution in [0.25, 0.3) is 0 Å². The fraction of sp³-hybridized carbons (Fsp3) is 0.364. The summed E-state index contributed by atoms with van der Waals surface area (Å²) in [5.41, 5.74) is 0.876. The summed E-state index contributed by atoms with van der Waals surface area (Å²) in [7, 11) is 1.63. The summed E-state index contributed by atoms with van der Waals surface area (Å²) >= 11 is 5.85. The van der Waals surface area contributed by atoms with Crippen LogP contribution in [-0.2, 0) is 4.74 Å². The molecule has 0 fully saturated rings. The first-order chi connectivity index (χ1) is 7.27. The molecule has 1 rings (SSSR count). The average Bonchev–Trinajstić information content (AvgIpc) is 2.24. The molecule has 0 aliphatic carbocycles. The number of hydrogen-bond acceptors (Lipinski definition) is 3. The van der Waals surface area contributed by atoms with Gasteiger partial charge in [0, 0.05) is 18.7 Å². The van der Waals surface area contributed by atoms with Gasteiger partial charge in [0.1, 0.15) is 6.04 Å². The molecule has 0 aromatic heterocycles. The molecule has 0 radical (unpaired) electrons. The highest BCUT2D eigenvalue weighted by Gasteiger charge is 2.08. The molecule has 1 atom stereocenters. The topological polar surface area (TPSA) is 45.0 Å². The van der Waals surface area contributed by atoms with Crippen LogP contribution in [0.4, 0.5) is 0 Å². The largest absolute Gasteiger partial charge is 0.383 e. The first-order valence-electron chi connectivity index (χ1n) is 4.65. The maximum absolute atomic E-state index is 8.97. The van der Waals surface area contributed by atoms with Crippen molar-refractivity contribution in [3.05, 3.63) is 34.9 Å². The average molecular weight is 225 g/mol. The number of benzene rings is 1. The van der Waals surface area contributed by atoms with E-state index >= 15 is 0 Å². The Morgan fingerprint density at radius 3 is 3.00 bits per heavy atom. The Hall–Kier alpha value is -1.08. The van der Waals surface area contributed by atoms with Gasteiger partial charge in [-0.05, 0) is 17.7 Å². The maximum Gasteiger partial charge on any atom is 0.121 e. The highest BCUT2D eigenvalue weighted by molar-refractivity contribution is 6.30. The van der Waals surface area contributed by atoms with E-state index in [4.69, 9.17) is 21.6 Å². The molecule has 0 saturated heterocycles. The maximum atomic E-state index is 8.97. The third-order valence-electron chi connectivity index (χ3n) is 1.97. The van der Waals surface area contributed by atoms with Crippen molar-refractivity contribution in [2.75, 3.05) is 20.3 Å². The van der Waals surface area contributed by atoms with Crippen LogP contribution in [0.15, 0.2) is 24.3 Å². The fourth-order valence-electron chi connectivity index (χ4n) is 1.23. The lowest BCUT2D eigenvalue weighted by molar-refractivity contribution is 0.198. The molecule has 3 nitrogen and oxygen atoms in total. The van der Waals surface area contributed by atoms with Crippen molar-refractivity contribution in [3.8, 4) is 6.07 Å². The summed E-state index contributed by atoms with van der Waals surface area (Å²) in [6.45, 7) is 1.22. The number of rotatable bonds is 5. The third kappa shape index (κ3) is 3.88. The lowest BCUT2D eigenvalue weighted by Gasteiger charge is -2.11. The molecule has 0 saturated carbocycles. The van der Waals surface area contributed by atoms with Gasteiger partial charge in [-0.25, -0.2) is 0 Å². The number of nitriles is 1. The number of nitrogens with one attached hydrogen (secondary N) is 1. The molecule has 0 spiro atoms. The lowest BCUT2D eigenvalue weighted by Crippen LogP contribution is -2.23. The van der Waals surface area contributed by atoms with Gasteiger partial charge in [-0.2, -0.15) is 5.26 Å². The van der Waals surface area contributed by atoms with Gasteiger partial charge < -0.3 is 4.74 Å². The Morgan fingerprint density at radius 1 is 1.60 bits per heavy atom. The van der Waals surface area contributed by atoms with E-state index in [9.17, 15) is 0 Å². The molecule has 0 aliphatic rings. The van der Waals surface area contributed by atoms with Gasteiger partial charge in [-0.1, -0.05) is 23.7 Å². The zero-order valence-corrected chi connectivity index (χ0v) is 9.29. The summed E-state index contributed by atoms with van der Waals surface area (Å²) in [4.78, 5) is 0. The van der Waals surface area contributed by atoms with Gasteiger partial charge in [0.05, 0.1) is 12.7 Å². The minimum absolute atomic E-state index is 0.334. The minimum atomic E-state index is -0.334. The first-order valence-corrected chi connectivity index (χ1v) is 5.03. The van der Waals surface area contributed by atoms with Crippen LogP contribution in [0, 0.1) is 11.3 Å². The van der Waals surface area contributed by atoms with Gasteiger partial charge >= 0.3 is 0 Å². The molecule has 4 heteroatoms. The molecule has 80 valence electrons. The molecule has 0 heterocycles. The van der Waals surface area contributed by atoms with E-state index in [-0.39, 0.29) is 6.04 Å². The van der Waals surface area contributed by atoms with E-state index in [2.05, 4.69) is 11.4 Å². The summed E-state index contributed by atoms with van der Waals surface area (Å²) in [5.74, 6) is 0. The standard InChI is InChI=1S/C11H13ClN2O/c1-15-6-5-14-11(8-13)9-3-2-4-10(12)7-9/h2-4,7,11,14H,5-6H2,1H3. The summed E-state index contributed by atoms with van der Waals surface area (Å²) in [6.07, 6.45) is 0. The SMILES string of the molecule is COCCNC(C#N)c1cccc(Cl)c1. The smallest absolute Gasteiger partial charge is 0.121 e. The number of halogens is 1. The highest BCUT2D eigenvalue weighted by atomic mass is 35.5. The van der Waals surface area contributed by atoms with Gasteiger partial charge in [0.15, 0.2) is 0 Å². The van der Waals surface area contributed by atoms with Crippen LogP contribution in [-0.4, -0.2) is 20.3 Å². The molecule has 1 N–H and O–H groups in total. The van der Waals surface area contributed by atoms with E-state index in [1.165, 1.54) is 0 Å². The molecule has 1 unspecified atom stereocenters. The fourth-order valence-corrected chi connectivity index (χ4v) is 1.43. The molecule has 0 bridgehead atoms. The Labute approximate surface area is 94.6 Å². The number of nitrogens with zero attached hydrogens (tertiary/aromatic N) is 1. The van der Waals surface area contributed by atoms with Gasteiger partial charge in [0.25, 0.3) is 0 Å². The van der Waals surface area contributed by atoms with Crippen LogP contribution >= 0.6 is 11.6 Å². The van der Waals surface area contributed by atoms with E-state index in [1.807, 2.05) is 12.1 Å². The highest BCUT2D eigenvalue weighted by Crippen LogP contribution is 2.16. The monoisotopic (exact) mass is 224 g/mol. The Morgan fingerprint density at radius 2 is 2.40 bits per heavy atom. The van der Waals surface area contributed by atoms with E-state index < -0.39 is 0 Å². The normalized spacial score (nSPS) is 12.1. The van der Waals surface area contributed by atoms with Gasteiger partial charge in [-0.3, -0.25) is 5.32 Å². The number of ether oxygens (including phenoxy) is 1. The second-order valence-corrected chi connectivity index (χ2v) is 3.50. The van der Waals surface area contributed by atoms with Crippen molar-refractivity contribution in [1.29, 1.82) is 5.26 Å². The number of hydrogen-bond donors (Lipinski definition) is 1. The van der Waals surface area contributed by atoms with E-state index in [1.54, 1.807) is 19.2 Å². The number of methoxy groups -OCH3 is 1. The van der Waals surface area contributed by atoms with Crippen LogP contribution < -0.4 is 5.32 Å². The summed E-state index contributed by atoms with van der Waals surface area (Å²) in [5, 5.41) is 12.7. The summed E-state index contributed by atoms with van der Waals surface area (Å²) in [6, 6.07) is 9.13. The van der Waals surface area contributed by atoms with E-state index in [0.29, 0.717) is 18.2 Å². The lowest BCUT2D eigenvalue weighted by atomic mass is 10.1. The first kappa shape index (κ1) is 12.0. The molecular formula is C11H13ClN2O. The Bertz CT molecular complexity index is 349. The van der Waals surface area contributed by atoms with Crippen molar-refractivity contribution in [1.82, 2.24) is 5.32 Å². The van der Waals surface area contributed by atoms with Crippen LogP contribution in [0.1, 0.15) is 11.6 Å². The second kappa shape index (κ2) is 6.41. The van der Waals surface area contributed by atoms with Gasteiger partial charge in [0.2, 0.25) is 0 Å². The quantitative estimate of drug-likeness (QED) is 0.780. The van der Waals surface area contributed by atoms with E-state index in [0.717, 1.165) is 5.56 Å². The predicted octanol–water partition coefficient (Wildman–Crippen LogP) is 2.14. The zero-order chi connectivity index (χ0) is 11.1. The van der Waals surface area contributed by atoms with Crippen molar-refractivity contribution in [3.63, 3.8) is 0 Å². The molecule has 0 aliphatic heterocycles. The van der Waals surface area contributed by atoms with Crippen molar-refractivity contribution < 1.29 is 4.74 Å². The Balaban J connectivity index is 2.63. The zero-order valence-electron chi connectivity index (χ0n) is 8.53. The van der Waals surface area contributed by atoms with Crippen molar-refractivity contribution in [2.24, 2.45) is 0 Å². The van der Waals surface area contributed by atoms with Crippen molar-refractivity contribution in [2.45, 2.75) is 6.04 Å². The van der Waals surface area contributed by atoms with Gasteiger partial charge in [-0.15, -0.1) is 0 Å². The molecular weight excluding hydrogens is 212 g/mol. The second-order valence-electron chi connectivity index (χ2n) is 3.06. The van der Waals surface area contributed by atoms with Crippen LogP contribution in [0.5, 0.6) is 0 Å². The Kier molecular flexibility index (Phi) is 5.13. The summed E-state index contributed by atoms with van der Waals surface area (Å²) < 4.78 is 4.90. The van der Waals surface area contributed by atoms with Crippen molar-refractivity contribution >= 4 is 11.6 Å². The molecule has 1 aromatic rings.